The molecule has 5 nitrogen and oxygen atoms in total. The van der Waals surface area contributed by atoms with Crippen molar-refractivity contribution in [2.75, 3.05) is 5.73 Å². The van der Waals surface area contributed by atoms with Gasteiger partial charge in [0.15, 0.2) is 5.82 Å². The van der Waals surface area contributed by atoms with E-state index in [4.69, 9.17) is 17.3 Å². The molecule has 0 fully saturated rings. The molecule has 0 radical (unpaired) electrons. The molecule has 2 aromatic carbocycles. The van der Waals surface area contributed by atoms with E-state index in [1.54, 1.807) is 16.8 Å². The summed E-state index contributed by atoms with van der Waals surface area (Å²) >= 11 is 9.56. The molecule has 0 aliphatic rings. The lowest BCUT2D eigenvalue weighted by Gasteiger charge is -2.09. The van der Waals surface area contributed by atoms with E-state index in [1.807, 2.05) is 31.2 Å². The zero-order valence-corrected chi connectivity index (χ0v) is 13.4. The van der Waals surface area contributed by atoms with Crippen molar-refractivity contribution in [3.63, 3.8) is 0 Å². The quantitative estimate of drug-likeness (QED) is 0.705. The van der Waals surface area contributed by atoms with E-state index in [1.165, 1.54) is 0 Å². The second kappa shape index (κ2) is 5.46. The van der Waals surface area contributed by atoms with Crippen LogP contribution in [0, 0.1) is 6.92 Å². The van der Waals surface area contributed by atoms with Gasteiger partial charge in [0.05, 0.1) is 5.69 Å². The fourth-order valence-electron chi connectivity index (χ4n) is 2.05. The Kier molecular flexibility index (Phi) is 3.65. The van der Waals surface area contributed by atoms with Gasteiger partial charge in [0.1, 0.15) is 0 Å². The summed E-state index contributed by atoms with van der Waals surface area (Å²) in [4.78, 5) is 0. The molecule has 1 heterocycles. The van der Waals surface area contributed by atoms with Crippen LogP contribution in [0.25, 0.3) is 17.1 Å². The van der Waals surface area contributed by atoms with Crippen LogP contribution in [0.4, 0.5) is 5.69 Å². The highest BCUT2D eigenvalue weighted by Crippen LogP contribution is 2.29. The summed E-state index contributed by atoms with van der Waals surface area (Å²) in [6.45, 7) is 1.99. The van der Waals surface area contributed by atoms with Crippen LogP contribution in [0.1, 0.15) is 5.56 Å². The average Bonchev–Trinajstić information content (AvgIpc) is 2.93. The van der Waals surface area contributed by atoms with Gasteiger partial charge in [-0.2, -0.15) is 4.68 Å². The third-order valence-corrected chi connectivity index (χ3v) is 4.01. The monoisotopic (exact) mass is 363 g/mol. The number of hydrogen-bond acceptors (Lipinski definition) is 4. The smallest absolute Gasteiger partial charge is 0.187 e. The third kappa shape index (κ3) is 2.64. The van der Waals surface area contributed by atoms with E-state index >= 15 is 0 Å². The highest BCUT2D eigenvalue weighted by molar-refractivity contribution is 9.10. The minimum absolute atomic E-state index is 0.610. The van der Waals surface area contributed by atoms with Gasteiger partial charge < -0.3 is 5.73 Å². The zero-order chi connectivity index (χ0) is 15.0. The van der Waals surface area contributed by atoms with Gasteiger partial charge >= 0.3 is 0 Å². The Morgan fingerprint density at radius 1 is 1.19 bits per heavy atom. The Hall–Kier alpha value is -1.92. The number of anilines is 1. The molecule has 1 aromatic heterocycles. The molecular formula is C14H11BrClN5. The van der Waals surface area contributed by atoms with E-state index in [0.29, 0.717) is 16.5 Å². The summed E-state index contributed by atoms with van der Waals surface area (Å²) in [6, 6.07) is 11.1. The van der Waals surface area contributed by atoms with E-state index in [0.717, 1.165) is 21.3 Å². The topological polar surface area (TPSA) is 69.6 Å². The predicted molar refractivity (Wildman–Crippen MR) is 86.4 cm³/mol. The summed E-state index contributed by atoms with van der Waals surface area (Å²) in [5, 5.41) is 12.6. The fraction of sp³-hybridized carbons (Fsp3) is 0.0714. The Morgan fingerprint density at radius 3 is 2.81 bits per heavy atom. The number of rotatable bonds is 2. The average molecular weight is 365 g/mol. The van der Waals surface area contributed by atoms with Crippen molar-refractivity contribution >= 4 is 33.2 Å². The molecular weight excluding hydrogens is 354 g/mol. The van der Waals surface area contributed by atoms with E-state index in [9.17, 15) is 0 Å². The first-order chi connectivity index (χ1) is 10.1. The van der Waals surface area contributed by atoms with Crippen molar-refractivity contribution in [3.8, 4) is 17.1 Å². The maximum Gasteiger partial charge on any atom is 0.187 e. The number of hydrogen-bond donors (Lipinski definition) is 1. The number of tetrazole rings is 1. The Labute approximate surface area is 134 Å². The summed E-state index contributed by atoms with van der Waals surface area (Å²) < 4.78 is 2.49. The van der Waals surface area contributed by atoms with Crippen LogP contribution >= 0.6 is 27.5 Å². The first-order valence-corrected chi connectivity index (χ1v) is 7.33. The largest absolute Gasteiger partial charge is 0.399 e. The number of nitrogens with zero attached hydrogens (tertiary/aromatic N) is 4. The Bertz CT molecular complexity index is 749. The molecule has 0 spiro atoms. The number of benzene rings is 2. The molecule has 0 aliphatic carbocycles. The minimum atomic E-state index is 0.610. The van der Waals surface area contributed by atoms with Crippen LogP contribution < -0.4 is 5.73 Å². The van der Waals surface area contributed by atoms with Gasteiger partial charge in [-0.1, -0.05) is 17.7 Å². The fourth-order valence-corrected chi connectivity index (χ4v) is 2.63. The van der Waals surface area contributed by atoms with Crippen molar-refractivity contribution in [2.45, 2.75) is 6.92 Å². The molecule has 0 amide bonds. The van der Waals surface area contributed by atoms with Crippen LogP contribution in [0.3, 0.4) is 0 Å². The van der Waals surface area contributed by atoms with Crippen LogP contribution in [-0.2, 0) is 0 Å². The van der Waals surface area contributed by atoms with Gasteiger partial charge in [-0.3, -0.25) is 0 Å². The van der Waals surface area contributed by atoms with E-state index < -0.39 is 0 Å². The summed E-state index contributed by atoms with van der Waals surface area (Å²) in [5.41, 5.74) is 9.22. The third-order valence-electron chi connectivity index (χ3n) is 3.11. The first kappa shape index (κ1) is 14.0. The number of halogens is 2. The molecule has 0 aliphatic heterocycles. The zero-order valence-electron chi connectivity index (χ0n) is 11.1. The summed E-state index contributed by atoms with van der Waals surface area (Å²) in [7, 11) is 0. The molecule has 3 rings (SSSR count). The van der Waals surface area contributed by atoms with Gasteiger partial charge in [-0.25, -0.2) is 0 Å². The first-order valence-electron chi connectivity index (χ1n) is 6.16. The van der Waals surface area contributed by atoms with E-state index in [-0.39, 0.29) is 0 Å². The highest BCUT2D eigenvalue weighted by Gasteiger charge is 2.15. The van der Waals surface area contributed by atoms with Crippen molar-refractivity contribution in [1.82, 2.24) is 20.2 Å². The molecule has 3 aromatic rings. The summed E-state index contributed by atoms with van der Waals surface area (Å²) in [5.74, 6) is 0.614. The van der Waals surface area contributed by atoms with Crippen molar-refractivity contribution in [3.05, 3.63) is 51.5 Å². The van der Waals surface area contributed by atoms with Crippen molar-refractivity contribution in [2.24, 2.45) is 0 Å². The SMILES string of the molecule is Cc1ccc(N)cc1-c1nnnn1-c1cc(Cl)ccc1Br. The molecule has 106 valence electrons. The van der Waals surface area contributed by atoms with Crippen LogP contribution in [0.5, 0.6) is 0 Å². The number of nitrogen functional groups attached to an aromatic ring is 1. The molecule has 0 bridgehead atoms. The maximum atomic E-state index is 6.07. The van der Waals surface area contributed by atoms with Gasteiger partial charge in [-0.15, -0.1) is 5.10 Å². The van der Waals surface area contributed by atoms with Crippen LogP contribution in [0.15, 0.2) is 40.9 Å². The van der Waals surface area contributed by atoms with E-state index in [2.05, 4.69) is 31.5 Å². The molecule has 0 unspecified atom stereocenters. The standard InChI is InChI=1S/C14H11BrClN5/c1-8-2-4-10(17)7-11(8)14-18-19-20-21(14)13-6-9(16)3-5-12(13)15/h2-7H,17H2,1H3. The number of nitrogens with two attached hydrogens (primary N) is 1. The van der Waals surface area contributed by atoms with Gasteiger partial charge in [0.2, 0.25) is 0 Å². The Morgan fingerprint density at radius 2 is 2.00 bits per heavy atom. The molecule has 0 saturated carbocycles. The van der Waals surface area contributed by atoms with Crippen LogP contribution in [-0.4, -0.2) is 20.2 Å². The second-order valence-electron chi connectivity index (χ2n) is 4.58. The Balaban J connectivity index is 2.22. The predicted octanol–water partition coefficient (Wildman–Crippen LogP) is 3.64. The molecule has 2 N–H and O–H groups in total. The van der Waals surface area contributed by atoms with Crippen molar-refractivity contribution < 1.29 is 0 Å². The highest BCUT2D eigenvalue weighted by atomic mass is 79.9. The molecule has 21 heavy (non-hydrogen) atoms. The van der Waals surface area contributed by atoms with Crippen molar-refractivity contribution in [1.29, 1.82) is 0 Å². The molecule has 0 saturated heterocycles. The van der Waals surface area contributed by atoms with Gasteiger partial charge in [-0.05, 0) is 69.2 Å². The van der Waals surface area contributed by atoms with Gasteiger partial charge in [0.25, 0.3) is 0 Å². The summed E-state index contributed by atoms with van der Waals surface area (Å²) in [6.07, 6.45) is 0. The lowest BCUT2D eigenvalue weighted by Crippen LogP contribution is -2.02. The number of aromatic nitrogens is 4. The molecule has 7 heteroatoms. The normalized spacial score (nSPS) is 10.8. The maximum absolute atomic E-state index is 6.07. The lowest BCUT2D eigenvalue weighted by molar-refractivity contribution is 0.789. The minimum Gasteiger partial charge on any atom is -0.399 e. The van der Waals surface area contributed by atoms with Crippen LogP contribution in [0.2, 0.25) is 5.02 Å². The van der Waals surface area contributed by atoms with Gasteiger partial charge in [0, 0.05) is 20.7 Å². The lowest BCUT2D eigenvalue weighted by atomic mass is 10.1. The number of aryl methyl sites for hydroxylation is 1. The molecule has 0 atom stereocenters. The second-order valence-corrected chi connectivity index (χ2v) is 5.88.